The molecule has 1 aliphatic rings. The summed E-state index contributed by atoms with van der Waals surface area (Å²) in [5.74, 6) is 0. The minimum Gasteiger partial charge on any atom is -0.309 e. The van der Waals surface area contributed by atoms with E-state index in [1.54, 1.807) is 11.3 Å². The fourth-order valence-corrected chi connectivity index (χ4v) is 8.62. The monoisotopic (exact) mass is 461 g/mol. The van der Waals surface area contributed by atoms with Crippen molar-refractivity contribution >= 4 is 40.0 Å². The predicted octanol–water partition coefficient (Wildman–Crippen LogP) is 7.05. The number of thiazole rings is 1. The van der Waals surface area contributed by atoms with E-state index in [-0.39, 0.29) is 0 Å². The van der Waals surface area contributed by atoms with Crippen molar-refractivity contribution in [3.05, 3.63) is 137 Å². The molecule has 0 saturated heterocycles. The molecule has 0 spiro atoms. The Balaban J connectivity index is 1.67. The van der Waals surface area contributed by atoms with Crippen molar-refractivity contribution in [1.29, 1.82) is 0 Å². The van der Waals surface area contributed by atoms with Crippen LogP contribution >= 0.6 is 18.5 Å². The van der Waals surface area contributed by atoms with Gasteiger partial charge in [0.2, 0.25) is 0 Å². The van der Waals surface area contributed by atoms with Crippen LogP contribution in [0.25, 0.3) is 21.5 Å². The number of fused-ring (bicyclic) bond motifs is 1. The smallest absolute Gasteiger partial charge is 0.172 e. The summed E-state index contributed by atoms with van der Waals surface area (Å²) in [5, 5.41) is 5.67. The third-order valence-electron chi connectivity index (χ3n) is 6.01. The van der Waals surface area contributed by atoms with Gasteiger partial charge in [-0.3, -0.25) is 0 Å². The molecule has 4 aromatic carbocycles. The van der Waals surface area contributed by atoms with E-state index in [1.165, 1.54) is 0 Å². The average Bonchev–Trinajstić information content (AvgIpc) is 3.48. The lowest BCUT2D eigenvalue weighted by Crippen LogP contribution is -2.15. The molecule has 1 aliphatic heterocycles. The highest BCUT2D eigenvalue weighted by atomic mass is 32.1. The number of nitrogens with zero attached hydrogens (tertiary/aromatic N) is 1. The van der Waals surface area contributed by atoms with Crippen molar-refractivity contribution < 1.29 is 4.57 Å². The lowest BCUT2D eigenvalue weighted by Gasteiger charge is -2.19. The van der Waals surface area contributed by atoms with Crippen molar-refractivity contribution in [2.45, 2.75) is 0 Å². The van der Waals surface area contributed by atoms with Gasteiger partial charge in [0.1, 0.15) is 5.01 Å². The maximum atomic E-state index is 15.1. The van der Waals surface area contributed by atoms with Crippen LogP contribution < -0.4 is 10.6 Å². The molecule has 0 amide bonds. The van der Waals surface area contributed by atoms with Gasteiger partial charge in [-0.2, -0.15) is 0 Å². The van der Waals surface area contributed by atoms with Gasteiger partial charge in [-0.15, -0.1) is 11.3 Å². The summed E-state index contributed by atoms with van der Waals surface area (Å²) in [4.78, 5) is 5.04. The first-order valence-electron chi connectivity index (χ1n) is 10.8. The number of hydrogen-bond donors (Lipinski definition) is 0. The summed E-state index contributed by atoms with van der Waals surface area (Å²) in [6.07, 6.45) is 0. The average molecular weight is 462 g/mol. The first-order valence-corrected chi connectivity index (χ1v) is 13.4. The number of aromatic nitrogens is 1. The Kier molecular flexibility index (Phi) is 4.95. The molecule has 0 fully saturated rings. The van der Waals surface area contributed by atoms with E-state index in [4.69, 9.17) is 4.98 Å². The van der Waals surface area contributed by atoms with Crippen molar-refractivity contribution in [2.75, 3.05) is 0 Å². The maximum absolute atomic E-state index is 15.1. The van der Waals surface area contributed by atoms with Gasteiger partial charge in [-0.05, 0) is 11.1 Å². The molecule has 1 aromatic heterocycles. The maximum Gasteiger partial charge on any atom is 0.172 e. The normalized spacial score (nSPS) is 17.2. The summed E-state index contributed by atoms with van der Waals surface area (Å²) < 4.78 is 15.1. The molecular formula is C29H20NOPS. The highest BCUT2D eigenvalue weighted by molar-refractivity contribution is 7.88. The van der Waals surface area contributed by atoms with Crippen molar-refractivity contribution in [3.63, 3.8) is 0 Å². The molecular weight excluding hydrogens is 441 g/mol. The number of benzene rings is 4. The summed E-state index contributed by atoms with van der Waals surface area (Å²) >= 11 is 1.62. The van der Waals surface area contributed by atoms with Gasteiger partial charge in [-0.1, -0.05) is 115 Å². The van der Waals surface area contributed by atoms with Crippen LogP contribution in [-0.2, 0) is 4.57 Å². The first-order chi connectivity index (χ1) is 16.3. The Hall–Kier alpha value is -3.52. The molecule has 158 valence electrons. The van der Waals surface area contributed by atoms with Gasteiger partial charge < -0.3 is 4.57 Å². The SMILES string of the molecule is O=P1(c2ccccc2)C(c2ccccc2)=C(c2csc(-c3ccccc3)n2)c2ccccc21. The van der Waals surface area contributed by atoms with Crippen LogP contribution in [-0.4, -0.2) is 4.98 Å². The van der Waals surface area contributed by atoms with Crippen LogP contribution in [0.15, 0.2) is 121 Å². The summed E-state index contributed by atoms with van der Waals surface area (Å²) in [6.45, 7) is 0. The van der Waals surface area contributed by atoms with E-state index in [1.807, 2.05) is 84.9 Å². The van der Waals surface area contributed by atoms with Crippen molar-refractivity contribution in [2.24, 2.45) is 0 Å². The van der Waals surface area contributed by atoms with E-state index in [2.05, 4.69) is 35.7 Å². The second-order valence-corrected chi connectivity index (χ2v) is 11.5. The minimum atomic E-state index is -3.08. The molecule has 0 saturated carbocycles. The molecule has 1 unspecified atom stereocenters. The molecule has 6 rings (SSSR count). The van der Waals surface area contributed by atoms with Gasteiger partial charge in [-0.25, -0.2) is 4.98 Å². The zero-order valence-corrected chi connectivity index (χ0v) is 19.5. The fourth-order valence-electron chi connectivity index (χ4n) is 4.55. The molecule has 2 nitrogen and oxygen atoms in total. The molecule has 0 N–H and O–H groups in total. The molecule has 0 bridgehead atoms. The number of hydrogen-bond acceptors (Lipinski definition) is 3. The molecule has 33 heavy (non-hydrogen) atoms. The Morgan fingerprint density at radius 2 is 1.21 bits per heavy atom. The molecule has 1 atom stereocenters. The van der Waals surface area contributed by atoms with E-state index < -0.39 is 7.14 Å². The summed E-state index contributed by atoms with van der Waals surface area (Å²) in [5.41, 5.74) is 4.92. The van der Waals surface area contributed by atoms with Gasteiger partial charge >= 0.3 is 0 Å². The second-order valence-electron chi connectivity index (χ2n) is 7.96. The van der Waals surface area contributed by atoms with Crippen LogP contribution in [0.4, 0.5) is 0 Å². The van der Waals surface area contributed by atoms with Crippen LogP contribution in [0.1, 0.15) is 16.8 Å². The summed E-state index contributed by atoms with van der Waals surface area (Å²) in [6, 6.07) is 38.3. The van der Waals surface area contributed by atoms with Gasteiger partial charge in [0.15, 0.2) is 7.14 Å². The first kappa shape index (κ1) is 20.1. The Bertz CT molecular complexity index is 1520. The highest BCUT2D eigenvalue weighted by Gasteiger charge is 2.43. The minimum absolute atomic E-state index is 0.852. The predicted molar refractivity (Wildman–Crippen MR) is 140 cm³/mol. The van der Waals surface area contributed by atoms with E-state index >= 15 is 4.57 Å². The van der Waals surface area contributed by atoms with Crippen LogP contribution in [0.3, 0.4) is 0 Å². The fraction of sp³-hybridized carbons (Fsp3) is 0. The van der Waals surface area contributed by atoms with Crippen LogP contribution in [0.5, 0.6) is 0 Å². The zero-order chi connectivity index (χ0) is 22.3. The lowest BCUT2D eigenvalue weighted by molar-refractivity contribution is 0.593. The van der Waals surface area contributed by atoms with Gasteiger partial charge in [0.25, 0.3) is 0 Å². The summed E-state index contributed by atoms with van der Waals surface area (Å²) in [7, 11) is -3.08. The molecule has 5 aromatic rings. The second kappa shape index (κ2) is 8.12. The topological polar surface area (TPSA) is 30.0 Å². The number of rotatable bonds is 4. The van der Waals surface area contributed by atoms with Crippen LogP contribution in [0.2, 0.25) is 0 Å². The zero-order valence-electron chi connectivity index (χ0n) is 17.8. The molecule has 0 aliphatic carbocycles. The Morgan fingerprint density at radius 1 is 0.636 bits per heavy atom. The van der Waals surface area contributed by atoms with Gasteiger partial charge in [0, 0.05) is 32.4 Å². The lowest BCUT2D eigenvalue weighted by atomic mass is 10.0. The van der Waals surface area contributed by atoms with Gasteiger partial charge in [0.05, 0.1) is 5.69 Å². The third kappa shape index (κ3) is 3.24. The molecule has 2 heterocycles. The van der Waals surface area contributed by atoms with E-state index in [0.29, 0.717) is 0 Å². The Morgan fingerprint density at radius 3 is 1.91 bits per heavy atom. The van der Waals surface area contributed by atoms with E-state index in [0.717, 1.165) is 48.9 Å². The van der Waals surface area contributed by atoms with Crippen LogP contribution in [0, 0.1) is 0 Å². The van der Waals surface area contributed by atoms with Crippen molar-refractivity contribution in [3.8, 4) is 10.6 Å². The molecule has 4 heteroatoms. The largest absolute Gasteiger partial charge is 0.309 e. The molecule has 0 radical (unpaired) electrons. The quantitative estimate of drug-likeness (QED) is 0.268. The highest BCUT2D eigenvalue weighted by Crippen LogP contribution is 2.65. The standard InChI is InChI=1S/C29H20NOPS/c31-32(23-16-8-3-9-17-23)26-19-11-10-18-24(26)27(28(32)21-12-4-1-5-13-21)25-20-33-29(30-25)22-14-6-2-7-15-22/h1-20H. The van der Waals surface area contributed by atoms with E-state index in [9.17, 15) is 0 Å². The Labute approximate surface area is 197 Å². The third-order valence-corrected chi connectivity index (χ3v) is 10.1. The van der Waals surface area contributed by atoms with Crippen molar-refractivity contribution in [1.82, 2.24) is 4.98 Å².